The van der Waals surface area contributed by atoms with Gasteiger partial charge in [-0.1, -0.05) is 30.3 Å². The number of rotatable bonds is 9. The van der Waals surface area contributed by atoms with Gasteiger partial charge in [-0.2, -0.15) is 0 Å². The third-order valence-electron chi connectivity index (χ3n) is 6.24. The first-order valence-electron chi connectivity index (χ1n) is 10.9. The predicted molar refractivity (Wildman–Crippen MR) is 118 cm³/mol. The van der Waals surface area contributed by atoms with Gasteiger partial charge in [-0.3, -0.25) is 4.79 Å². The number of amides is 1. The third-order valence-corrected chi connectivity index (χ3v) is 6.24. The number of hydrogen-bond acceptors (Lipinski definition) is 3. The van der Waals surface area contributed by atoms with Crippen LogP contribution in [0.15, 0.2) is 54.6 Å². The molecule has 30 heavy (non-hydrogen) atoms. The molecule has 2 aromatic rings. The summed E-state index contributed by atoms with van der Waals surface area (Å²) in [4.78, 5) is 14.6. The highest BCUT2D eigenvalue weighted by Crippen LogP contribution is 2.35. The van der Waals surface area contributed by atoms with E-state index in [4.69, 9.17) is 4.74 Å². The normalized spacial score (nSPS) is 21.4. The van der Waals surface area contributed by atoms with Crippen molar-refractivity contribution >= 4 is 5.91 Å². The average molecular weight is 413 g/mol. The maximum absolute atomic E-state index is 13.2. The van der Waals surface area contributed by atoms with Crippen LogP contribution >= 0.6 is 0 Å². The van der Waals surface area contributed by atoms with E-state index < -0.39 is 0 Å². The van der Waals surface area contributed by atoms with Crippen molar-refractivity contribution in [2.45, 2.75) is 56.5 Å². The van der Waals surface area contributed by atoms with Crippen LogP contribution in [0, 0.1) is 5.82 Å². The Kier molecular flexibility index (Phi) is 7.86. The standard InChI is InChI=1S/C25H33FN2O2/c1-28(2)25(19-20-10-12-21(26)13-11-20)16-14-22(15-17-25)27-24(29)9-6-18-30-23-7-4-3-5-8-23/h3-5,7-8,10-13,22H,6,9,14-19H2,1-2H3,(H,27,29). The van der Waals surface area contributed by atoms with Crippen LogP contribution in [0.25, 0.3) is 0 Å². The van der Waals surface area contributed by atoms with E-state index in [1.807, 2.05) is 42.5 Å². The van der Waals surface area contributed by atoms with E-state index >= 15 is 0 Å². The van der Waals surface area contributed by atoms with E-state index in [9.17, 15) is 9.18 Å². The minimum Gasteiger partial charge on any atom is -0.494 e. The summed E-state index contributed by atoms with van der Waals surface area (Å²) < 4.78 is 18.9. The highest BCUT2D eigenvalue weighted by atomic mass is 19.1. The Bertz CT molecular complexity index is 785. The summed E-state index contributed by atoms with van der Waals surface area (Å²) in [5, 5.41) is 3.20. The number of carbonyl (C=O) groups is 1. The molecule has 4 nitrogen and oxygen atoms in total. The highest BCUT2D eigenvalue weighted by Gasteiger charge is 2.37. The molecule has 0 saturated heterocycles. The monoisotopic (exact) mass is 412 g/mol. The summed E-state index contributed by atoms with van der Waals surface area (Å²) in [6.07, 6.45) is 6.05. The second-order valence-electron chi connectivity index (χ2n) is 8.53. The van der Waals surface area contributed by atoms with Crippen LogP contribution < -0.4 is 10.1 Å². The zero-order valence-corrected chi connectivity index (χ0v) is 18.1. The molecular formula is C25H33FN2O2. The van der Waals surface area contributed by atoms with Crippen LogP contribution in [0.3, 0.4) is 0 Å². The van der Waals surface area contributed by atoms with Crippen molar-refractivity contribution < 1.29 is 13.9 Å². The Balaban J connectivity index is 1.41. The summed E-state index contributed by atoms with van der Waals surface area (Å²) in [5.41, 5.74) is 1.22. The van der Waals surface area contributed by atoms with Crippen molar-refractivity contribution in [1.82, 2.24) is 10.2 Å². The van der Waals surface area contributed by atoms with Gasteiger partial charge in [0.1, 0.15) is 11.6 Å². The summed E-state index contributed by atoms with van der Waals surface area (Å²) in [6.45, 7) is 0.545. The van der Waals surface area contributed by atoms with Crippen LogP contribution in [-0.4, -0.2) is 43.1 Å². The van der Waals surface area contributed by atoms with E-state index in [0.29, 0.717) is 19.4 Å². The second-order valence-corrected chi connectivity index (χ2v) is 8.53. The molecule has 1 N–H and O–H groups in total. The molecule has 1 aliphatic carbocycles. The fourth-order valence-electron chi connectivity index (χ4n) is 4.30. The van der Waals surface area contributed by atoms with Crippen LogP contribution in [0.1, 0.15) is 44.1 Å². The van der Waals surface area contributed by atoms with Crippen molar-refractivity contribution in [2.24, 2.45) is 0 Å². The molecule has 3 rings (SSSR count). The summed E-state index contributed by atoms with van der Waals surface area (Å²) in [5.74, 6) is 0.747. The lowest BCUT2D eigenvalue weighted by Gasteiger charge is -2.45. The molecule has 1 amide bonds. The smallest absolute Gasteiger partial charge is 0.220 e. The Morgan fingerprint density at radius 1 is 1.10 bits per heavy atom. The van der Waals surface area contributed by atoms with Crippen LogP contribution in [0.4, 0.5) is 4.39 Å². The Morgan fingerprint density at radius 3 is 2.40 bits per heavy atom. The summed E-state index contributed by atoms with van der Waals surface area (Å²) in [6, 6.07) is 16.7. The van der Waals surface area contributed by atoms with Crippen molar-refractivity contribution in [3.8, 4) is 5.75 Å². The maximum Gasteiger partial charge on any atom is 0.220 e. The molecular weight excluding hydrogens is 379 g/mol. The van der Waals surface area contributed by atoms with Crippen molar-refractivity contribution in [3.05, 3.63) is 66.0 Å². The number of halogens is 1. The topological polar surface area (TPSA) is 41.6 Å². The van der Waals surface area contributed by atoms with Crippen LogP contribution in [-0.2, 0) is 11.2 Å². The molecule has 0 unspecified atom stereocenters. The van der Waals surface area contributed by atoms with Gasteiger partial charge >= 0.3 is 0 Å². The maximum atomic E-state index is 13.2. The molecule has 162 valence electrons. The molecule has 0 bridgehead atoms. The van der Waals surface area contributed by atoms with E-state index in [2.05, 4.69) is 24.3 Å². The summed E-state index contributed by atoms with van der Waals surface area (Å²) >= 11 is 0. The zero-order chi connectivity index (χ0) is 21.4. The van der Waals surface area contributed by atoms with Gasteiger partial charge in [-0.05, 0) is 82.4 Å². The molecule has 2 aromatic carbocycles. The number of likely N-dealkylation sites (N-methyl/N-ethyl adjacent to an activating group) is 1. The van der Waals surface area contributed by atoms with E-state index in [1.54, 1.807) is 0 Å². The molecule has 0 aromatic heterocycles. The van der Waals surface area contributed by atoms with Gasteiger partial charge in [0.15, 0.2) is 0 Å². The minimum absolute atomic E-state index is 0.0581. The second kappa shape index (κ2) is 10.6. The molecule has 1 saturated carbocycles. The molecule has 0 spiro atoms. The van der Waals surface area contributed by atoms with Gasteiger partial charge in [0.2, 0.25) is 5.91 Å². The largest absolute Gasteiger partial charge is 0.494 e. The SMILES string of the molecule is CN(C)C1(Cc2ccc(F)cc2)CCC(NC(=O)CCCOc2ccccc2)CC1. The Labute approximate surface area is 179 Å². The molecule has 0 aliphatic heterocycles. The van der Waals surface area contributed by atoms with Crippen LogP contribution in [0.5, 0.6) is 5.75 Å². The minimum atomic E-state index is -0.196. The van der Waals surface area contributed by atoms with Crippen molar-refractivity contribution in [3.63, 3.8) is 0 Å². The number of para-hydroxylation sites is 1. The molecule has 0 atom stereocenters. The van der Waals surface area contributed by atoms with Gasteiger partial charge in [0.05, 0.1) is 6.61 Å². The quantitative estimate of drug-likeness (QED) is 0.613. The number of carbonyl (C=O) groups excluding carboxylic acids is 1. The molecule has 5 heteroatoms. The van der Waals surface area contributed by atoms with Gasteiger partial charge in [0.25, 0.3) is 0 Å². The number of nitrogens with zero attached hydrogens (tertiary/aromatic N) is 1. The number of benzene rings is 2. The van der Waals surface area contributed by atoms with Gasteiger partial charge in [0, 0.05) is 18.0 Å². The fraction of sp³-hybridized carbons (Fsp3) is 0.480. The van der Waals surface area contributed by atoms with Gasteiger partial charge in [-0.25, -0.2) is 4.39 Å². The van der Waals surface area contributed by atoms with Gasteiger partial charge < -0.3 is 15.0 Å². The molecule has 0 heterocycles. The highest BCUT2D eigenvalue weighted by molar-refractivity contribution is 5.76. The Hall–Kier alpha value is -2.40. The van der Waals surface area contributed by atoms with E-state index in [0.717, 1.165) is 43.4 Å². The first kappa shape index (κ1) is 22.3. The number of hydrogen-bond donors (Lipinski definition) is 1. The molecule has 1 fully saturated rings. The fourth-order valence-corrected chi connectivity index (χ4v) is 4.30. The van der Waals surface area contributed by atoms with Crippen molar-refractivity contribution in [1.29, 1.82) is 0 Å². The van der Waals surface area contributed by atoms with Gasteiger partial charge in [-0.15, -0.1) is 0 Å². The average Bonchev–Trinajstić information content (AvgIpc) is 2.75. The number of ether oxygens (including phenoxy) is 1. The lowest BCUT2D eigenvalue weighted by Crippen LogP contribution is -2.52. The first-order chi connectivity index (χ1) is 14.5. The van der Waals surface area contributed by atoms with E-state index in [1.165, 1.54) is 12.1 Å². The lowest BCUT2D eigenvalue weighted by molar-refractivity contribution is -0.122. The first-order valence-corrected chi connectivity index (χ1v) is 10.9. The summed E-state index contributed by atoms with van der Waals surface area (Å²) in [7, 11) is 4.24. The predicted octanol–water partition coefficient (Wildman–Crippen LogP) is 4.59. The Morgan fingerprint density at radius 2 is 1.77 bits per heavy atom. The number of nitrogens with one attached hydrogen (secondary N) is 1. The molecule has 0 radical (unpaired) electrons. The van der Waals surface area contributed by atoms with E-state index in [-0.39, 0.29) is 23.3 Å². The van der Waals surface area contributed by atoms with Crippen LogP contribution in [0.2, 0.25) is 0 Å². The third kappa shape index (κ3) is 6.30. The lowest BCUT2D eigenvalue weighted by atomic mass is 9.75. The molecule has 1 aliphatic rings. The van der Waals surface area contributed by atoms with Crippen molar-refractivity contribution in [2.75, 3.05) is 20.7 Å². The zero-order valence-electron chi connectivity index (χ0n) is 18.1.